The largest absolute Gasteiger partial charge is 0.472 e. The molecule has 6 rings (SSSR count). The minimum atomic E-state index is 0.905. The molecule has 6 aromatic rings. The summed E-state index contributed by atoms with van der Waals surface area (Å²) in [6.07, 6.45) is 7.21. The number of rotatable bonds is 3. The lowest BCUT2D eigenvalue weighted by Crippen LogP contribution is -1.85. The number of aryl methyl sites for hydroxylation is 1. The van der Waals surface area contributed by atoms with E-state index in [1.165, 1.54) is 5.56 Å². The van der Waals surface area contributed by atoms with E-state index >= 15 is 0 Å². The van der Waals surface area contributed by atoms with E-state index in [2.05, 4.69) is 69.6 Å². The number of hydrogen-bond donors (Lipinski definition) is 2. The van der Waals surface area contributed by atoms with Gasteiger partial charge in [0.25, 0.3) is 0 Å². The number of nitrogens with zero attached hydrogens (tertiary/aromatic N) is 2. The number of fused-ring (bicyclic) bond motifs is 2. The Kier molecular flexibility index (Phi) is 3.62. The van der Waals surface area contributed by atoms with Gasteiger partial charge in [-0.25, -0.2) is 0 Å². The first-order chi connectivity index (χ1) is 14.8. The van der Waals surface area contributed by atoms with Gasteiger partial charge in [-0.1, -0.05) is 18.2 Å². The summed E-state index contributed by atoms with van der Waals surface area (Å²) in [4.78, 5) is 7.83. The molecule has 0 atom stereocenters. The molecule has 0 saturated heterocycles. The second-order valence-electron chi connectivity index (χ2n) is 7.49. The van der Waals surface area contributed by atoms with Crippen LogP contribution < -0.4 is 0 Å². The Morgan fingerprint density at radius 3 is 2.70 bits per heavy atom. The highest BCUT2D eigenvalue weighted by molar-refractivity contribution is 6.01. The predicted molar refractivity (Wildman–Crippen MR) is 119 cm³/mol. The molecule has 5 nitrogen and oxygen atoms in total. The second-order valence-corrected chi connectivity index (χ2v) is 7.49. The first-order valence-electron chi connectivity index (χ1n) is 9.82. The van der Waals surface area contributed by atoms with Crippen LogP contribution in [0.2, 0.25) is 0 Å². The predicted octanol–water partition coefficient (Wildman–Crippen LogP) is 6.34. The summed E-state index contributed by atoms with van der Waals surface area (Å²) >= 11 is 0. The van der Waals surface area contributed by atoms with Gasteiger partial charge < -0.3 is 9.40 Å². The molecule has 0 aliphatic rings. The number of hydrogen-bond acceptors (Lipinski definition) is 3. The quantitative estimate of drug-likeness (QED) is 0.370. The van der Waals surface area contributed by atoms with E-state index in [-0.39, 0.29) is 0 Å². The van der Waals surface area contributed by atoms with Gasteiger partial charge in [0.05, 0.1) is 23.7 Å². The first-order valence-corrected chi connectivity index (χ1v) is 9.82. The Morgan fingerprint density at radius 2 is 1.83 bits per heavy atom. The number of pyridine rings is 1. The smallest absolute Gasteiger partial charge is 0.116 e. The fourth-order valence-electron chi connectivity index (χ4n) is 4.11. The van der Waals surface area contributed by atoms with E-state index in [0.717, 1.165) is 55.4 Å². The van der Waals surface area contributed by atoms with Crippen molar-refractivity contribution in [2.45, 2.75) is 6.92 Å². The average molecular weight is 390 g/mol. The van der Waals surface area contributed by atoms with Gasteiger partial charge in [0.15, 0.2) is 0 Å². The monoisotopic (exact) mass is 390 g/mol. The minimum absolute atomic E-state index is 0.905. The maximum absolute atomic E-state index is 5.29. The highest BCUT2D eigenvalue weighted by Crippen LogP contribution is 2.35. The first kappa shape index (κ1) is 16.8. The molecule has 0 bridgehead atoms. The fourth-order valence-corrected chi connectivity index (χ4v) is 4.11. The third kappa shape index (κ3) is 2.56. The van der Waals surface area contributed by atoms with Crippen LogP contribution in [0, 0.1) is 6.92 Å². The molecule has 0 amide bonds. The van der Waals surface area contributed by atoms with Gasteiger partial charge in [-0.3, -0.25) is 10.1 Å². The molecule has 4 heterocycles. The summed E-state index contributed by atoms with van der Waals surface area (Å²) in [6, 6.07) is 18.8. The molecule has 0 fully saturated rings. The van der Waals surface area contributed by atoms with Crippen molar-refractivity contribution >= 4 is 21.8 Å². The zero-order valence-corrected chi connectivity index (χ0v) is 16.3. The van der Waals surface area contributed by atoms with E-state index in [1.54, 1.807) is 12.5 Å². The SMILES string of the molecule is Cc1ccncc1-c1ccc2[nH]nc(-c3cc4c(-c5ccoc5)cccc4[nH]3)c2c1. The summed E-state index contributed by atoms with van der Waals surface area (Å²) in [6.45, 7) is 2.10. The molecule has 144 valence electrons. The molecule has 0 unspecified atom stereocenters. The maximum atomic E-state index is 5.29. The molecule has 0 saturated carbocycles. The molecular formula is C25H18N4O. The average Bonchev–Trinajstić information content (AvgIpc) is 3.51. The molecule has 0 spiro atoms. The van der Waals surface area contributed by atoms with Crippen molar-refractivity contribution < 1.29 is 4.42 Å². The van der Waals surface area contributed by atoms with Gasteiger partial charge in [0, 0.05) is 39.8 Å². The second kappa shape index (κ2) is 6.46. The Labute approximate surface area is 172 Å². The van der Waals surface area contributed by atoms with E-state index in [0.29, 0.717) is 0 Å². The van der Waals surface area contributed by atoms with Gasteiger partial charge in [-0.05, 0) is 60.0 Å². The van der Waals surface area contributed by atoms with Gasteiger partial charge in [0.2, 0.25) is 0 Å². The summed E-state index contributed by atoms with van der Waals surface area (Å²) in [7, 11) is 0. The maximum Gasteiger partial charge on any atom is 0.116 e. The highest BCUT2D eigenvalue weighted by atomic mass is 16.3. The lowest BCUT2D eigenvalue weighted by Gasteiger charge is -2.05. The molecule has 5 heteroatoms. The third-order valence-corrected chi connectivity index (χ3v) is 5.66. The van der Waals surface area contributed by atoms with Crippen molar-refractivity contribution in [1.29, 1.82) is 0 Å². The van der Waals surface area contributed by atoms with Crippen LogP contribution in [0.15, 0.2) is 83.9 Å². The third-order valence-electron chi connectivity index (χ3n) is 5.66. The van der Waals surface area contributed by atoms with Crippen molar-refractivity contribution in [3.05, 3.63) is 85.1 Å². The molecule has 0 aliphatic heterocycles. The normalized spacial score (nSPS) is 11.5. The van der Waals surface area contributed by atoms with Crippen LogP contribution in [0.3, 0.4) is 0 Å². The van der Waals surface area contributed by atoms with Crippen LogP contribution in [0.5, 0.6) is 0 Å². The van der Waals surface area contributed by atoms with Crippen molar-refractivity contribution in [2.75, 3.05) is 0 Å². The van der Waals surface area contributed by atoms with Crippen LogP contribution >= 0.6 is 0 Å². The number of benzene rings is 2. The molecular weight excluding hydrogens is 372 g/mol. The van der Waals surface area contributed by atoms with Crippen molar-refractivity contribution in [3.8, 4) is 33.6 Å². The van der Waals surface area contributed by atoms with Crippen LogP contribution in [-0.2, 0) is 0 Å². The Bertz CT molecular complexity index is 1510. The van der Waals surface area contributed by atoms with Crippen molar-refractivity contribution in [3.63, 3.8) is 0 Å². The van der Waals surface area contributed by atoms with Gasteiger partial charge in [-0.15, -0.1) is 0 Å². The zero-order valence-electron chi connectivity index (χ0n) is 16.3. The van der Waals surface area contributed by atoms with Gasteiger partial charge in [-0.2, -0.15) is 5.10 Å². The van der Waals surface area contributed by atoms with Crippen LogP contribution in [0.1, 0.15) is 5.56 Å². The molecule has 4 aromatic heterocycles. The fraction of sp³-hybridized carbons (Fsp3) is 0.0400. The van der Waals surface area contributed by atoms with Crippen molar-refractivity contribution in [1.82, 2.24) is 20.2 Å². The van der Waals surface area contributed by atoms with Gasteiger partial charge in [0.1, 0.15) is 5.69 Å². The van der Waals surface area contributed by atoms with Gasteiger partial charge >= 0.3 is 0 Å². The molecule has 0 radical (unpaired) electrons. The standard InChI is InChI=1S/C25H18N4O/c1-15-7-9-26-13-21(15)16-5-6-23-20(11-16)25(29-28-23)24-12-19-18(17-8-10-30-14-17)3-2-4-22(19)27-24/h2-14,27H,1H3,(H,28,29). The summed E-state index contributed by atoms with van der Waals surface area (Å²) in [5, 5.41) is 10.0. The minimum Gasteiger partial charge on any atom is -0.472 e. The highest BCUT2D eigenvalue weighted by Gasteiger charge is 2.15. The topological polar surface area (TPSA) is 70.5 Å². The lowest BCUT2D eigenvalue weighted by atomic mass is 10.0. The summed E-state index contributed by atoms with van der Waals surface area (Å²) < 4.78 is 5.29. The Hall–Kier alpha value is -4.12. The van der Waals surface area contributed by atoms with Crippen LogP contribution in [0.4, 0.5) is 0 Å². The van der Waals surface area contributed by atoms with Crippen molar-refractivity contribution in [2.24, 2.45) is 0 Å². The molecule has 0 aliphatic carbocycles. The molecule has 2 aromatic carbocycles. The van der Waals surface area contributed by atoms with Crippen LogP contribution in [-0.4, -0.2) is 20.2 Å². The summed E-state index contributed by atoms with van der Waals surface area (Å²) in [5.74, 6) is 0. The summed E-state index contributed by atoms with van der Waals surface area (Å²) in [5.41, 5.74) is 9.61. The Morgan fingerprint density at radius 1 is 0.867 bits per heavy atom. The molecule has 2 N–H and O–H groups in total. The van der Waals surface area contributed by atoms with E-state index < -0.39 is 0 Å². The number of aromatic nitrogens is 4. The van der Waals surface area contributed by atoms with E-state index in [1.807, 2.05) is 24.5 Å². The number of H-pyrrole nitrogens is 2. The van der Waals surface area contributed by atoms with E-state index in [9.17, 15) is 0 Å². The molecule has 30 heavy (non-hydrogen) atoms. The Balaban J connectivity index is 1.53. The number of nitrogens with one attached hydrogen (secondary N) is 2. The number of furan rings is 1. The van der Waals surface area contributed by atoms with E-state index in [4.69, 9.17) is 4.42 Å². The van der Waals surface area contributed by atoms with Crippen LogP contribution in [0.25, 0.3) is 55.4 Å². The lowest BCUT2D eigenvalue weighted by molar-refractivity contribution is 0.568. The zero-order chi connectivity index (χ0) is 20.1. The number of aromatic amines is 2.